The molecule has 2 aromatic rings. The van der Waals surface area contributed by atoms with Crippen LogP contribution in [0.5, 0.6) is 0 Å². The maximum absolute atomic E-state index is 13.4. The van der Waals surface area contributed by atoms with Crippen molar-refractivity contribution in [1.82, 2.24) is 9.97 Å². The van der Waals surface area contributed by atoms with Gasteiger partial charge in [0.05, 0.1) is 5.69 Å². The first-order valence-corrected chi connectivity index (χ1v) is 5.26. The highest BCUT2D eigenvalue weighted by molar-refractivity contribution is 6.30. The van der Waals surface area contributed by atoms with Gasteiger partial charge in [-0.05, 0) is 19.1 Å². The normalized spacial score (nSPS) is 10.5. The molecule has 1 aromatic heterocycles. The minimum absolute atomic E-state index is 0.190. The summed E-state index contributed by atoms with van der Waals surface area (Å²) >= 11 is 5.76. The quantitative estimate of drug-likeness (QED) is 0.671. The second kappa shape index (κ2) is 4.81. The van der Waals surface area contributed by atoms with Gasteiger partial charge in [0, 0.05) is 5.56 Å². The molecule has 0 spiro atoms. The van der Waals surface area contributed by atoms with Crippen LogP contribution >= 0.6 is 11.6 Å². The van der Waals surface area contributed by atoms with E-state index < -0.39 is 17.5 Å². The Balaban J connectivity index is 2.41. The van der Waals surface area contributed by atoms with Gasteiger partial charge in [0.1, 0.15) is 17.3 Å². The lowest BCUT2D eigenvalue weighted by Crippen LogP contribution is -2.02. The number of halogens is 4. The van der Waals surface area contributed by atoms with Gasteiger partial charge in [-0.2, -0.15) is 0 Å². The molecule has 0 aliphatic carbocycles. The lowest BCUT2D eigenvalue weighted by Gasteiger charge is -2.10. The van der Waals surface area contributed by atoms with Crippen LogP contribution in [-0.2, 0) is 0 Å². The molecule has 1 N–H and O–H groups in total. The number of aromatic nitrogens is 2. The molecule has 3 nitrogen and oxygen atoms in total. The maximum atomic E-state index is 13.4. The summed E-state index contributed by atoms with van der Waals surface area (Å²) in [5.41, 5.74) is 0.245. The largest absolute Gasteiger partial charge is 0.337 e. The highest BCUT2D eigenvalue weighted by Gasteiger charge is 2.15. The topological polar surface area (TPSA) is 37.8 Å². The molecule has 0 aliphatic heterocycles. The van der Waals surface area contributed by atoms with Crippen LogP contribution in [-0.4, -0.2) is 9.97 Å². The Morgan fingerprint density at radius 3 is 2.56 bits per heavy atom. The van der Waals surface area contributed by atoms with Crippen molar-refractivity contribution >= 4 is 23.1 Å². The zero-order chi connectivity index (χ0) is 13.3. The van der Waals surface area contributed by atoms with Crippen LogP contribution in [0.4, 0.5) is 24.7 Å². The fourth-order valence-electron chi connectivity index (χ4n) is 1.30. The fraction of sp³-hybridized carbons (Fsp3) is 0.0909. The fourth-order valence-corrected chi connectivity index (χ4v) is 1.44. The van der Waals surface area contributed by atoms with Crippen LogP contribution in [0.2, 0.25) is 5.15 Å². The van der Waals surface area contributed by atoms with Crippen LogP contribution in [0.25, 0.3) is 0 Å². The monoisotopic (exact) mass is 273 g/mol. The number of anilines is 2. The summed E-state index contributed by atoms with van der Waals surface area (Å²) in [6, 6.07) is 1.89. The van der Waals surface area contributed by atoms with Crippen molar-refractivity contribution in [3.8, 4) is 0 Å². The SMILES string of the molecule is Cc1c(Cl)ncnc1Nc1ccc(F)c(F)c1F. The van der Waals surface area contributed by atoms with Gasteiger partial charge >= 0.3 is 0 Å². The van der Waals surface area contributed by atoms with E-state index in [0.717, 1.165) is 12.1 Å². The lowest BCUT2D eigenvalue weighted by molar-refractivity contribution is 0.449. The zero-order valence-electron chi connectivity index (χ0n) is 9.14. The first-order valence-electron chi connectivity index (χ1n) is 4.88. The molecule has 2 rings (SSSR count). The average molecular weight is 274 g/mol. The number of rotatable bonds is 2. The Kier molecular flexibility index (Phi) is 3.38. The third-order valence-electron chi connectivity index (χ3n) is 2.31. The number of hydrogen-bond acceptors (Lipinski definition) is 3. The van der Waals surface area contributed by atoms with Gasteiger partial charge in [0.25, 0.3) is 0 Å². The Hall–Kier alpha value is -1.82. The summed E-state index contributed by atoms with van der Waals surface area (Å²) in [6.07, 6.45) is 1.18. The van der Waals surface area contributed by atoms with Crippen molar-refractivity contribution < 1.29 is 13.2 Å². The smallest absolute Gasteiger partial charge is 0.196 e. The average Bonchev–Trinajstić information content (AvgIpc) is 2.35. The van der Waals surface area contributed by atoms with Gasteiger partial charge in [-0.15, -0.1) is 0 Å². The van der Waals surface area contributed by atoms with Gasteiger partial charge in [-0.25, -0.2) is 23.1 Å². The maximum Gasteiger partial charge on any atom is 0.196 e. The van der Waals surface area contributed by atoms with Crippen molar-refractivity contribution in [2.75, 3.05) is 5.32 Å². The number of nitrogens with one attached hydrogen (secondary N) is 1. The summed E-state index contributed by atoms with van der Waals surface area (Å²) in [7, 11) is 0. The van der Waals surface area contributed by atoms with E-state index in [9.17, 15) is 13.2 Å². The summed E-state index contributed by atoms with van der Waals surface area (Å²) in [6.45, 7) is 1.61. The first-order chi connectivity index (χ1) is 8.50. The predicted octanol–water partition coefficient (Wildman–Crippen LogP) is 3.60. The number of benzene rings is 1. The highest BCUT2D eigenvalue weighted by atomic mass is 35.5. The van der Waals surface area contributed by atoms with E-state index >= 15 is 0 Å². The molecular formula is C11H7ClF3N3. The van der Waals surface area contributed by atoms with E-state index in [4.69, 9.17) is 11.6 Å². The number of nitrogens with zero attached hydrogens (tertiary/aromatic N) is 2. The molecule has 0 radical (unpaired) electrons. The van der Waals surface area contributed by atoms with E-state index in [-0.39, 0.29) is 16.7 Å². The summed E-state index contributed by atoms with van der Waals surface area (Å²) < 4.78 is 39.2. The summed E-state index contributed by atoms with van der Waals surface area (Å²) in [5.74, 6) is -3.89. The van der Waals surface area contributed by atoms with Crippen LogP contribution in [0.1, 0.15) is 5.56 Å². The van der Waals surface area contributed by atoms with E-state index in [1.54, 1.807) is 6.92 Å². The molecule has 94 valence electrons. The molecule has 1 aromatic carbocycles. The predicted molar refractivity (Wildman–Crippen MR) is 61.4 cm³/mol. The minimum Gasteiger partial charge on any atom is -0.337 e. The molecule has 0 saturated heterocycles. The van der Waals surface area contributed by atoms with Gasteiger partial charge in [-0.1, -0.05) is 11.6 Å². The van der Waals surface area contributed by atoms with E-state index in [2.05, 4.69) is 15.3 Å². The van der Waals surface area contributed by atoms with E-state index in [0.29, 0.717) is 5.56 Å². The molecular weight excluding hydrogens is 267 g/mol. The second-order valence-electron chi connectivity index (χ2n) is 3.49. The third-order valence-corrected chi connectivity index (χ3v) is 2.69. The minimum atomic E-state index is -1.54. The summed E-state index contributed by atoms with van der Waals surface area (Å²) in [5, 5.41) is 2.72. The Labute approximate surface area is 106 Å². The third kappa shape index (κ3) is 2.24. The Bertz CT molecular complexity index is 604. The molecule has 0 atom stereocenters. The van der Waals surface area contributed by atoms with Crippen molar-refractivity contribution in [2.45, 2.75) is 6.92 Å². The molecule has 0 aliphatic rings. The van der Waals surface area contributed by atoms with Crippen LogP contribution in [0, 0.1) is 24.4 Å². The van der Waals surface area contributed by atoms with Crippen LogP contribution in [0.3, 0.4) is 0 Å². The molecule has 1 heterocycles. The number of hydrogen-bond donors (Lipinski definition) is 1. The van der Waals surface area contributed by atoms with Crippen LogP contribution < -0.4 is 5.32 Å². The van der Waals surface area contributed by atoms with Gasteiger partial charge < -0.3 is 5.32 Å². The zero-order valence-corrected chi connectivity index (χ0v) is 9.89. The Morgan fingerprint density at radius 2 is 1.83 bits per heavy atom. The summed E-state index contributed by atoms with van der Waals surface area (Å²) in [4.78, 5) is 7.56. The molecule has 18 heavy (non-hydrogen) atoms. The second-order valence-corrected chi connectivity index (χ2v) is 3.84. The standard InChI is InChI=1S/C11H7ClF3N3/c1-5-10(12)16-4-17-11(5)18-7-3-2-6(13)8(14)9(7)15/h2-4H,1H3,(H,16,17,18). The van der Waals surface area contributed by atoms with Gasteiger partial charge in [0.15, 0.2) is 17.5 Å². The molecule has 0 amide bonds. The lowest BCUT2D eigenvalue weighted by atomic mass is 10.2. The molecule has 0 bridgehead atoms. The van der Waals surface area contributed by atoms with Crippen molar-refractivity contribution in [3.63, 3.8) is 0 Å². The molecule has 0 fully saturated rings. The van der Waals surface area contributed by atoms with Crippen molar-refractivity contribution in [1.29, 1.82) is 0 Å². The highest BCUT2D eigenvalue weighted by Crippen LogP contribution is 2.25. The molecule has 7 heteroatoms. The van der Waals surface area contributed by atoms with E-state index in [1.165, 1.54) is 6.33 Å². The van der Waals surface area contributed by atoms with Crippen molar-refractivity contribution in [3.05, 3.63) is 46.6 Å². The Morgan fingerprint density at radius 1 is 1.11 bits per heavy atom. The first kappa shape index (κ1) is 12.6. The van der Waals surface area contributed by atoms with E-state index in [1.807, 2.05) is 0 Å². The van der Waals surface area contributed by atoms with Gasteiger partial charge in [-0.3, -0.25) is 0 Å². The molecule has 0 saturated carbocycles. The van der Waals surface area contributed by atoms with Gasteiger partial charge in [0.2, 0.25) is 0 Å². The molecule has 0 unspecified atom stereocenters. The van der Waals surface area contributed by atoms with Crippen LogP contribution in [0.15, 0.2) is 18.5 Å². The van der Waals surface area contributed by atoms with Crippen molar-refractivity contribution in [2.24, 2.45) is 0 Å².